The van der Waals surface area contributed by atoms with E-state index in [1.807, 2.05) is 0 Å². The fourth-order valence-corrected chi connectivity index (χ4v) is 8.15. The van der Waals surface area contributed by atoms with Crippen molar-refractivity contribution in [2.24, 2.45) is 0 Å². The number of hydrogen-bond donors (Lipinski definition) is 0. The fourth-order valence-electron chi connectivity index (χ4n) is 8.15. The highest BCUT2D eigenvalue weighted by Gasteiger charge is 2.18. The van der Waals surface area contributed by atoms with Crippen molar-refractivity contribution in [3.8, 4) is 0 Å². The van der Waals surface area contributed by atoms with E-state index in [1.54, 1.807) is 0 Å². The molecule has 8 bridgehead atoms. The molecule has 0 unspecified atom stereocenters. The Labute approximate surface area is 292 Å². The third-order valence-corrected chi connectivity index (χ3v) is 12.6. The minimum absolute atomic E-state index is 1.34. The summed E-state index contributed by atoms with van der Waals surface area (Å²) < 4.78 is 0. The van der Waals surface area contributed by atoms with Gasteiger partial charge in [-0.3, -0.25) is 0 Å². The normalized spacial score (nSPS) is 12.7. The molecule has 0 nitrogen and oxygen atoms in total. The van der Waals surface area contributed by atoms with Crippen LogP contribution in [0.1, 0.15) is 134 Å². The van der Waals surface area contributed by atoms with E-state index in [2.05, 4.69) is 159 Å². The van der Waals surface area contributed by atoms with E-state index in [9.17, 15) is 0 Å². The molecular weight excluding hydrogens is 577 g/mol. The first-order chi connectivity index (χ1) is 22.5. The molecule has 0 N–H and O–H groups in total. The van der Waals surface area contributed by atoms with E-state index in [1.165, 1.54) is 134 Å². The summed E-state index contributed by atoms with van der Waals surface area (Å²) in [5, 5.41) is 0. The fraction of sp³-hybridized carbons (Fsp3) is 0.333. The quantitative estimate of drug-likeness (QED) is 0.159. The van der Waals surface area contributed by atoms with Crippen LogP contribution < -0.4 is 0 Å². The summed E-state index contributed by atoms with van der Waals surface area (Å²) in [4.78, 5) is 0. The van der Waals surface area contributed by atoms with Crippen LogP contribution in [0.15, 0.2) is 0 Å². The predicted molar refractivity (Wildman–Crippen MR) is 217 cm³/mol. The minimum Gasteiger partial charge on any atom is -0.0538 e. The lowest BCUT2D eigenvalue weighted by atomic mass is 9.84. The molecule has 0 heterocycles. The highest BCUT2D eigenvalue weighted by Crippen LogP contribution is 2.36. The molecule has 4 aromatic rings. The van der Waals surface area contributed by atoms with Crippen molar-refractivity contribution in [3.05, 3.63) is 134 Å². The molecule has 0 spiro atoms. The maximum Gasteiger partial charge on any atom is -0.0192 e. The van der Waals surface area contributed by atoms with Crippen molar-refractivity contribution in [3.63, 3.8) is 0 Å². The van der Waals surface area contributed by atoms with Gasteiger partial charge in [0.25, 0.3) is 0 Å². The largest absolute Gasteiger partial charge is 0.0538 e. The Hall–Kier alpha value is -4.16. The van der Waals surface area contributed by atoms with Gasteiger partial charge in [0.2, 0.25) is 0 Å². The third-order valence-electron chi connectivity index (χ3n) is 12.6. The summed E-state index contributed by atoms with van der Waals surface area (Å²) in [6.07, 6.45) is 18.9. The zero-order valence-electron chi connectivity index (χ0n) is 32.6. The number of hydrogen-bond acceptors (Lipinski definition) is 0. The van der Waals surface area contributed by atoms with Crippen LogP contribution in [0, 0.1) is 111 Å². The molecule has 14 rings (SSSR count). The van der Waals surface area contributed by atoms with E-state index in [0.717, 1.165) is 0 Å². The van der Waals surface area contributed by atoms with Gasteiger partial charge in [-0.15, -0.1) is 0 Å². The minimum atomic E-state index is 1.34. The first kappa shape index (κ1) is 35.2. The van der Waals surface area contributed by atoms with Gasteiger partial charge in [-0.25, -0.2) is 0 Å². The highest BCUT2D eigenvalue weighted by molar-refractivity contribution is 5.86. The molecule has 0 saturated carbocycles. The maximum absolute atomic E-state index is 2.37. The molecule has 0 saturated heterocycles. The first-order valence-corrected chi connectivity index (χ1v) is 17.6. The molecule has 0 heteroatoms. The van der Waals surface area contributed by atoms with Gasteiger partial charge in [0, 0.05) is 0 Å². The average molecular weight is 633 g/mol. The third kappa shape index (κ3) is 5.58. The van der Waals surface area contributed by atoms with E-state index in [0.29, 0.717) is 0 Å². The summed E-state index contributed by atoms with van der Waals surface area (Å²) in [6.45, 7) is 36.6. The summed E-state index contributed by atoms with van der Waals surface area (Å²) in [5.41, 5.74) is 32.4. The van der Waals surface area contributed by atoms with E-state index in [-0.39, 0.29) is 0 Å². The monoisotopic (exact) mass is 632 g/mol. The zero-order valence-corrected chi connectivity index (χ0v) is 32.6. The molecule has 0 aromatic heterocycles. The molecule has 0 aliphatic heterocycles. The Morgan fingerprint density at radius 1 is 0.146 bits per heavy atom. The lowest BCUT2D eigenvalue weighted by Crippen LogP contribution is -2.02. The average Bonchev–Trinajstić information content (AvgIpc) is 3.05. The second kappa shape index (κ2) is 13.0. The molecule has 0 radical (unpaired) electrons. The Kier molecular flexibility index (Phi) is 9.55. The molecule has 0 atom stereocenters. The van der Waals surface area contributed by atoms with Crippen LogP contribution in [0.3, 0.4) is 0 Å². The van der Waals surface area contributed by atoms with Crippen LogP contribution in [-0.4, -0.2) is 0 Å². The smallest absolute Gasteiger partial charge is 0.0192 e. The van der Waals surface area contributed by atoms with Gasteiger partial charge in [-0.1, -0.05) is 48.6 Å². The van der Waals surface area contributed by atoms with Crippen LogP contribution in [0.2, 0.25) is 0 Å². The molecule has 0 amide bonds. The van der Waals surface area contributed by atoms with Gasteiger partial charge in [0.1, 0.15) is 0 Å². The highest BCUT2D eigenvalue weighted by atomic mass is 14.2. The summed E-state index contributed by atoms with van der Waals surface area (Å²) in [6, 6.07) is 0. The summed E-state index contributed by atoms with van der Waals surface area (Å²) in [5.74, 6) is 0. The molecule has 248 valence electrons. The van der Waals surface area contributed by atoms with Gasteiger partial charge in [0.15, 0.2) is 0 Å². The molecule has 48 heavy (non-hydrogen) atoms. The van der Waals surface area contributed by atoms with Crippen molar-refractivity contribution in [2.75, 3.05) is 0 Å². The van der Waals surface area contributed by atoms with Gasteiger partial charge in [0.05, 0.1) is 0 Å². The van der Waals surface area contributed by atoms with Crippen LogP contribution >= 0.6 is 0 Å². The number of benzene rings is 4. The van der Waals surface area contributed by atoms with Crippen LogP contribution in [0.4, 0.5) is 0 Å². The van der Waals surface area contributed by atoms with Crippen LogP contribution in [-0.2, 0) is 0 Å². The number of rotatable bonds is 0. The van der Waals surface area contributed by atoms with Crippen LogP contribution in [0.25, 0.3) is 48.6 Å². The van der Waals surface area contributed by atoms with Gasteiger partial charge >= 0.3 is 0 Å². The van der Waals surface area contributed by atoms with Crippen molar-refractivity contribution < 1.29 is 0 Å². The molecule has 0 fully saturated rings. The van der Waals surface area contributed by atoms with Crippen molar-refractivity contribution in [1.82, 2.24) is 0 Å². The van der Waals surface area contributed by atoms with Crippen molar-refractivity contribution >= 4 is 48.6 Å². The van der Waals surface area contributed by atoms with Gasteiger partial charge in [-0.05, 0) is 244 Å². The Morgan fingerprint density at radius 3 is 0.271 bits per heavy atom. The van der Waals surface area contributed by atoms with E-state index < -0.39 is 0 Å². The summed E-state index contributed by atoms with van der Waals surface area (Å²) >= 11 is 0. The van der Waals surface area contributed by atoms with Gasteiger partial charge < -0.3 is 0 Å². The molecule has 10 aliphatic rings. The first-order valence-electron chi connectivity index (χ1n) is 17.6. The summed E-state index contributed by atoms with van der Waals surface area (Å²) in [7, 11) is 0. The Balaban J connectivity index is 1.87. The Morgan fingerprint density at radius 2 is 0.208 bits per heavy atom. The zero-order chi connectivity index (χ0) is 35.5. The molecule has 10 aliphatic carbocycles. The van der Waals surface area contributed by atoms with Crippen molar-refractivity contribution in [1.29, 1.82) is 0 Å². The maximum atomic E-state index is 2.37. The predicted octanol–water partition coefficient (Wildman–Crippen LogP) is 13.6. The second-order valence-corrected chi connectivity index (χ2v) is 14.6. The lowest BCUT2D eigenvalue weighted by Gasteiger charge is -2.21. The van der Waals surface area contributed by atoms with E-state index >= 15 is 0 Å². The molecule has 4 aromatic carbocycles. The lowest BCUT2D eigenvalue weighted by molar-refractivity contribution is 1.20. The standard InChI is InChI=1S/C48H56/c1-25-26(2)42-19-20-44-33(9)35(11)46(36(12)34(44)10)23-24-48-39(15)37(13)47(38(14)40(48)16)22-21-45-31(7)29(5)43(30(6)32(45)8)18-17-41(25)27(3)28(42)4/h17-24H,1-16H3. The molecular formula is C48H56. The topological polar surface area (TPSA) is 0 Å². The second-order valence-electron chi connectivity index (χ2n) is 14.6. The van der Waals surface area contributed by atoms with E-state index in [4.69, 9.17) is 0 Å². The Bertz CT molecular complexity index is 1570. The van der Waals surface area contributed by atoms with Crippen molar-refractivity contribution in [2.45, 2.75) is 111 Å². The SMILES string of the molecule is Cc1c(C)c2c(C)c(C)c1C=Cc1c(C)c(C)c(c(C)c1C)C=Cc1c(C)c(C)c(c(C)c1C)C=Cc1c(C)c(C)c(c(C)c1C)C=C2. The van der Waals surface area contributed by atoms with Crippen LogP contribution in [0.5, 0.6) is 0 Å². The van der Waals surface area contributed by atoms with Gasteiger partial charge in [-0.2, -0.15) is 0 Å².